The maximum absolute atomic E-state index is 12.9. The van der Waals surface area contributed by atoms with E-state index in [9.17, 15) is 26.7 Å². The molecule has 1 saturated heterocycles. The zero-order valence-electron chi connectivity index (χ0n) is 19.6. The van der Waals surface area contributed by atoms with Crippen molar-refractivity contribution >= 4 is 26.4 Å². The molecule has 0 unspecified atom stereocenters. The smallest absolute Gasteiger partial charge is 0.501 e. The van der Waals surface area contributed by atoms with Crippen LogP contribution in [0.5, 0.6) is 5.75 Å². The van der Waals surface area contributed by atoms with Crippen LogP contribution in [0.15, 0.2) is 90.0 Å². The predicted octanol–water partition coefficient (Wildman–Crippen LogP) is 5.12. The van der Waals surface area contributed by atoms with E-state index in [2.05, 4.69) is 9.88 Å². The Kier molecular flexibility index (Phi) is 6.55. The van der Waals surface area contributed by atoms with Crippen LogP contribution in [-0.2, 0) is 22.8 Å². The number of hydrogen-bond acceptors (Lipinski definition) is 6. The third-order valence-corrected chi connectivity index (χ3v) is 8.14. The van der Waals surface area contributed by atoms with Crippen LogP contribution in [0.2, 0.25) is 0 Å². The van der Waals surface area contributed by atoms with Gasteiger partial charge in [0.2, 0.25) is 0 Å². The standard InChI is InChI=1S/C27H24F3N3O3S/c28-27(29,30)37(35,36)24-11-7-21(8-12-24)33-17-22(15-19-5-9-23(34)10-6-19)32(18-33)16-20-13-14-31-26-4-2-1-3-25(20)26/h1-14,22,34H,15-18H2/t22-/m1/s1. The molecule has 1 aromatic heterocycles. The molecule has 6 nitrogen and oxygen atoms in total. The number of fused-ring (bicyclic) bond motifs is 1. The SMILES string of the molecule is O=S(=O)(c1ccc(N2C[C@@H](Cc3ccc(O)cc3)N(Cc3ccnc4ccccc34)C2)cc1)C(F)(F)F. The highest BCUT2D eigenvalue weighted by molar-refractivity contribution is 7.92. The third kappa shape index (κ3) is 5.12. The summed E-state index contributed by atoms with van der Waals surface area (Å²) in [7, 11) is -5.40. The van der Waals surface area contributed by atoms with Gasteiger partial charge in [-0.05, 0) is 66.1 Å². The second-order valence-electron chi connectivity index (χ2n) is 9.07. The molecule has 1 atom stereocenters. The fraction of sp³-hybridized carbons (Fsp3) is 0.222. The Morgan fingerprint density at radius 3 is 2.35 bits per heavy atom. The van der Waals surface area contributed by atoms with Crippen molar-refractivity contribution in [1.29, 1.82) is 0 Å². The van der Waals surface area contributed by atoms with Gasteiger partial charge in [0.1, 0.15) is 5.75 Å². The quantitative estimate of drug-likeness (QED) is 0.375. The lowest BCUT2D eigenvalue weighted by Crippen LogP contribution is -2.32. The first-order chi connectivity index (χ1) is 17.6. The number of aromatic hydroxyl groups is 1. The summed E-state index contributed by atoms with van der Waals surface area (Å²) < 4.78 is 62.4. The maximum Gasteiger partial charge on any atom is 0.501 e. The largest absolute Gasteiger partial charge is 0.508 e. The normalized spacial score (nSPS) is 16.9. The molecule has 1 fully saturated rings. The average molecular weight is 528 g/mol. The number of hydrogen-bond donors (Lipinski definition) is 1. The van der Waals surface area contributed by atoms with E-state index in [4.69, 9.17) is 0 Å². The number of pyridine rings is 1. The molecule has 0 spiro atoms. The predicted molar refractivity (Wildman–Crippen MR) is 135 cm³/mol. The zero-order valence-corrected chi connectivity index (χ0v) is 20.5. The number of phenols is 1. The van der Waals surface area contributed by atoms with Gasteiger partial charge in [-0.1, -0.05) is 30.3 Å². The topological polar surface area (TPSA) is 73.7 Å². The number of sulfone groups is 1. The molecule has 0 radical (unpaired) electrons. The molecule has 1 aliphatic rings. The molecule has 0 aliphatic carbocycles. The van der Waals surface area contributed by atoms with E-state index in [1.165, 1.54) is 12.1 Å². The molecule has 5 rings (SSSR count). The summed E-state index contributed by atoms with van der Waals surface area (Å²) in [5.74, 6) is 0.186. The van der Waals surface area contributed by atoms with Crippen molar-refractivity contribution in [1.82, 2.24) is 9.88 Å². The van der Waals surface area contributed by atoms with Crippen LogP contribution in [0, 0.1) is 0 Å². The highest BCUT2D eigenvalue weighted by atomic mass is 32.2. The molecule has 3 aromatic carbocycles. The van der Waals surface area contributed by atoms with Gasteiger partial charge < -0.3 is 10.0 Å². The first-order valence-corrected chi connectivity index (χ1v) is 13.1. The van der Waals surface area contributed by atoms with Gasteiger partial charge in [0.25, 0.3) is 9.84 Å². The number of alkyl halides is 3. The van der Waals surface area contributed by atoms with Gasteiger partial charge >= 0.3 is 5.51 Å². The Morgan fingerprint density at radius 2 is 1.65 bits per heavy atom. The lowest BCUT2D eigenvalue weighted by molar-refractivity contribution is -0.0436. The van der Waals surface area contributed by atoms with Crippen molar-refractivity contribution in [2.75, 3.05) is 18.1 Å². The molecule has 0 saturated carbocycles. The molecule has 1 aliphatic heterocycles. The maximum atomic E-state index is 12.9. The first-order valence-electron chi connectivity index (χ1n) is 11.6. The fourth-order valence-electron chi connectivity index (χ4n) is 4.71. The van der Waals surface area contributed by atoms with Gasteiger partial charge in [-0.3, -0.25) is 9.88 Å². The van der Waals surface area contributed by atoms with E-state index in [0.29, 0.717) is 31.9 Å². The van der Waals surface area contributed by atoms with E-state index in [1.807, 2.05) is 47.4 Å². The summed E-state index contributed by atoms with van der Waals surface area (Å²) in [5.41, 5.74) is -1.66. The van der Waals surface area contributed by atoms with E-state index in [1.54, 1.807) is 18.3 Å². The second-order valence-corrected chi connectivity index (χ2v) is 11.0. The highest BCUT2D eigenvalue weighted by Crippen LogP contribution is 2.33. The number of anilines is 1. The van der Waals surface area contributed by atoms with Crippen LogP contribution in [0.1, 0.15) is 11.1 Å². The Balaban J connectivity index is 1.42. The number of para-hydroxylation sites is 1. The van der Waals surface area contributed by atoms with Crippen molar-refractivity contribution in [2.24, 2.45) is 0 Å². The highest BCUT2D eigenvalue weighted by Gasteiger charge is 2.46. The van der Waals surface area contributed by atoms with Crippen LogP contribution in [0.3, 0.4) is 0 Å². The average Bonchev–Trinajstić information content (AvgIpc) is 3.27. The Hall–Kier alpha value is -3.63. The minimum Gasteiger partial charge on any atom is -0.508 e. The summed E-state index contributed by atoms with van der Waals surface area (Å²) >= 11 is 0. The van der Waals surface area contributed by atoms with Gasteiger partial charge in [-0.2, -0.15) is 13.2 Å². The van der Waals surface area contributed by atoms with Gasteiger partial charge in [-0.25, -0.2) is 8.42 Å². The molecular weight excluding hydrogens is 503 g/mol. The van der Waals surface area contributed by atoms with E-state index in [-0.39, 0.29) is 11.8 Å². The van der Waals surface area contributed by atoms with E-state index in [0.717, 1.165) is 34.2 Å². The molecule has 1 N–H and O–H groups in total. The van der Waals surface area contributed by atoms with Crippen molar-refractivity contribution < 1.29 is 26.7 Å². The van der Waals surface area contributed by atoms with Crippen molar-refractivity contribution in [3.63, 3.8) is 0 Å². The van der Waals surface area contributed by atoms with Crippen molar-refractivity contribution in [2.45, 2.75) is 29.4 Å². The van der Waals surface area contributed by atoms with Crippen molar-refractivity contribution in [3.05, 3.63) is 96.2 Å². The first kappa shape index (κ1) is 25.0. The van der Waals surface area contributed by atoms with Crippen LogP contribution in [0.25, 0.3) is 10.9 Å². The summed E-state index contributed by atoms with van der Waals surface area (Å²) in [4.78, 5) is 7.98. The molecule has 0 bridgehead atoms. The van der Waals surface area contributed by atoms with Gasteiger partial charge in [0, 0.05) is 36.4 Å². The van der Waals surface area contributed by atoms with E-state index < -0.39 is 20.2 Å². The minimum absolute atomic E-state index is 0.0649. The molecule has 4 aromatic rings. The summed E-state index contributed by atoms with van der Waals surface area (Å²) in [6, 6.07) is 21.8. The summed E-state index contributed by atoms with van der Waals surface area (Å²) in [6.07, 6.45) is 2.47. The number of nitrogens with zero attached hydrogens (tertiary/aromatic N) is 3. The lowest BCUT2D eigenvalue weighted by Gasteiger charge is -2.24. The Bertz CT molecular complexity index is 1500. The molecule has 10 heteroatoms. The molecule has 37 heavy (non-hydrogen) atoms. The summed E-state index contributed by atoms with van der Waals surface area (Å²) in [6.45, 7) is 1.73. The summed E-state index contributed by atoms with van der Waals surface area (Å²) in [5, 5.41) is 10.7. The van der Waals surface area contributed by atoms with Gasteiger partial charge in [-0.15, -0.1) is 0 Å². The monoisotopic (exact) mass is 527 g/mol. The van der Waals surface area contributed by atoms with E-state index >= 15 is 0 Å². The minimum atomic E-state index is -5.40. The molecular formula is C27H24F3N3O3S. The van der Waals surface area contributed by atoms with Crippen LogP contribution in [-0.4, -0.2) is 48.2 Å². The Morgan fingerprint density at radius 1 is 0.946 bits per heavy atom. The van der Waals surface area contributed by atoms with Gasteiger partial charge in [0.15, 0.2) is 0 Å². The second kappa shape index (κ2) is 9.68. The lowest BCUT2D eigenvalue weighted by atomic mass is 10.0. The number of halogens is 3. The molecule has 192 valence electrons. The number of aromatic nitrogens is 1. The number of rotatable bonds is 6. The van der Waals surface area contributed by atoms with Crippen LogP contribution < -0.4 is 4.90 Å². The molecule has 0 amide bonds. The van der Waals surface area contributed by atoms with Crippen molar-refractivity contribution in [3.8, 4) is 5.75 Å². The fourth-order valence-corrected chi connectivity index (χ4v) is 5.47. The number of phenolic OH excluding ortho intramolecular Hbond substituents is 1. The van der Waals surface area contributed by atoms with Crippen LogP contribution in [0.4, 0.5) is 18.9 Å². The third-order valence-electron chi connectivity index (χ3n) is 6.64. The zero-order chi connectivity index (χ0) is 26.2. The Labute approximate surface area is 212 Å². The number of benzene rings is 3. The molecule has 2 heterocycles. The van der Waals surface area contributed by atoms with Gasteiger partial charge in [0.05, 0.1) is 17.1 Å². The van der Waals surface area contributed by atoms with Crippen LogP contribution >= 0.6 is 0 Å².